The minimum absolute atomic E-state index is 0.164. The lowest BCUT2D eigenvalue weighted by Crippen LogP contribution is -2.33. The van der Waals surface area contributed by atoms with Crippen molar-refractivity contribution in [3.8, 4) is 0 Å². The van der Waals surface area contributed by atoms with Crippen molar-refractivity contribution in [1.29, 1.82) is 0 Å². The highest BCUT2D eigenvalue weighted by Gasteiger charge is 2.19. The lowest BCUT2D eigenvalue weighted by Gasteiger charge is -2.33. The highest BCUT2D eigenvalue weighted by molar-refractivity contribution is 5.81. The molecule has 0 aliphatic carbocycles. The molecule has 2 aromatic heterocycles. The average Bonchev–Trinajstić information content (AvgIpc) is 2.79. The summed E-state index contributed by atoms with van der Waals surface area (Å²) < 4.78 is 15.5. The van der Waals surface area contributed by atoms with Crippen LogP contribution >= 0.6 is 0 Å². The van der Waals surface area contributed by atoms with Crippen molar-refractivity contribution in [3.63, 3.8) is 0 Å². The Kier molecular flexibility index (Phi) is 6.74. The fraction of sp³-hybridized carbons (Fsp3) is 0.440. The zero-order valence-electron chi connectivity index (χ0n) is 18.7. The Morgan fingerprint density at radius 2 is 1.91 bits per heavy atom. The number of aromatic nitrogens is 2. The standard InChI is InChI=1S/C25H31FN4O2/c1-17(2)30-23-15-24(27-16-19(23)14-22(26)25(30)32)28-20-5-7-21(8-6-20)29-11-9-18(10-12-29)4-3-13-31/h5-8,14-18,31H,3-4,9-13H2,1-2H3,(H,27,28). The third-order valence-electron chi connectivity index (χ3n) is 6.28. The summed E-state index contributed by atoms with van der Waals surface area (Å²) in [5.74, 6) is 0.562. The Balaban J connectivity index is 1.47. The summed E-state index contributed by atoms with van der Waals surface area (Å²) in [6.07, 6.45) is 5.94. The topological polar surface area (TPSA) is 70.4 Å². The predicted octanol–water partition coefficient (Wildman–Crippen LogP) is 4.85. The van der Waals surface area contributed by atoms with Gasteiger partial charge in [-0.1, -0.05) is 0 Å². The molecule has 0 amide bonds. The largest absolute Gasteiger partial charge is 0.396 e. The molecule has 0 saturated carbocycles. The van der Waals surface area contributed by atoms with Crippen molar-refractivity contribution in [2.45, 2.75) is 45.6 Å². The molecule has 0 bridgehead atoms. The van der Waals surface area contributed by atoms with E-state index < -0.39 is 11.4 Å². The van der Waals surface area contributed by atoms with Gasteiger partial charge < -0.3 is 19.9 Å². The quantitative estimate of drug-likeness (QED) is 0.552. The van der Waals surface area contributed by atoms with Crippen LogP contribution in [0.3, 0.4) is 0 Å². The van der Waals surface area contributed by atoms with Crippen LogP contribution in [-0.2, 0) is 0 Å². The average molecular weight is 439 g/mol. The molecule has 0 unspecified atom stereocenters. The van der Waals surface area contributed by atoms with Gasteiger partial charge in [-0.25, -0.2) is 9.37 Å². The smallest absolute Gasteiger partial charge is 0.287 e. The van der Waals surface area contributed by atoms with Gasteiger partial charge in [-0.15, -0.1) is 0 Å². The summed E-state index contributed by atoms with van der Waals surface area (Å²) in [4.78, 5) is 19.1. The molecule has 2 N–H and O–H groups in total. The zero-order valence-corrected chi connectivity index (χ0v) is 18.7. The van der Waals surface area contributed by atoms with E-state index in [9.17, 15) is 9.18 Å². The molecule has 0 radical (unpaired) electrons. The van der Waals surface area contributed by atoms with Gasteiger partial charge in [0.25, 0.3) is 5.56 Å². The van der Waals surface area contributed by atoms with Crippen molar-refractivity contribution in [2.24, 2.45) is 5.92 Å². The minimum Gasteiger partial charge on any atom is -0.396 e. The zero-order chi connectivity index (χ0) is 22.7. The fourth-order valence-corrected chi connectivity index (χ4v) is 4.54. The highest BCUT2D eigenvalue weighted by atomic mass is 19.1. The number of benzene rings is 1. The van der Waals surface area contributed by atoms with Crippen molar-refractivity contribution in [2.75, 3.05) is 29.9 Å². The van der Waals surface area contributed by atoms with Gasteiger partial charge in [0.05, 0.1) is 5.52 Å². The van der Waals surface area contributed by atoms with Gasteiger partial charge in [-0.2, -0.15) is 0 Å². The first-order valence-electron chi connectivity index (χ1n) is 11.4. The van der Waals surface area contributed by atoms with Crippen molar-refractivity contribution in [3.05, 3.63) is 58.8 Å². The van der Waals surface area contributed by atoms with E-state index in [2.05, 4.69) is 27.3 Å². The second-order valence-corrected chi connectivity index (χ2v) is 8.86. The number of rotatable bonds is 7. The maximum atomic E-state index is 14.0. The first-order valence-corrected chi connectivity index (χ1v) is 11.4. The van der Waals surface area contributed by atoms with Gasteiger partial charge in [0.2, 0.25) is 0 Å². The molecular weight excluding hydrogens is 407 g/mol. The summed E-state index contributed by atoms with van der Waals surface area (Å²) in [5.41, 5.74) is 2.14. The monoisotopic (exact) mass is 438 g/mol. The second kappa shape index (κ2) is 9.69. The van der Waals surface area contributed by atoms with Crippen LogP contribution in [-0.4, -0.2) is 34.4 Å². The summed E-state index contributed by atoms with van der Waals surface area (Å²) in [7, 11) is 0. The van der Waals surface area contributed by atoms with Crippen LogP contribution in [0.5, 0.6) is 0 Å². The van der Waals surface area contributed by atoms with E-state index in [1.165, 1.54) is 29.2 Å². The molecule has 1 aliphatic heterocycles. The summed E-state index contributed by atoms with van der Waals surface area (Å²) in [6, 6.07) is 11.1. The number of anilines is 3. The fourth-order valence-electron chi connectivity index (χ4n) is 4.54. The lowest BCUT2D eigenvalue weighted by molar-refractivity contribution is 0.261. The third-order valence-corrected chi connectivity index (χ3v) is 6.28. The van der Waals surface area contributed by atoms with Crippen molar-refractivity contribution < 1.29 is 9.50 Å². The summed E-state index contributed by atoms with van der Waals surface area (Å²) in [5, 5.41) is 12.9. The number of halogens is 1. The number of aliphatic hydroxyl groups is 1. The minimum atomic E-state index is -0.762. The molecule has 32 heavy (non-hydrogen) atoms. The lowest BCUT2D eigenvalue weighted by atomic mass is 9.92. The van der Waals surface area contributed by atoms with E-state index in [-0.39, 0.29) is 12.6 Å². The molecule has 0 spiro atoms. The molecule has 1 saturated heterocycles. The molecule has 4 rings (SSSR count). The summed E-state index contributed by atoms with van der Waals surface area (Å²) >= 11 is 0. The van der Waals surface area contributed by atoms with E-state index in [0.717, 1.165) is 37.5 Å². The Morgan fingerprint density at radius 1 is 1.19 bits per heavy atom. The number of nitrogens with zero attached hydrogens (tertiary/aromatic N) is 3. The first kappa shape index (κ1) is 22.3. The van der Waals surface area contributed by atoms with Crippen molar-refractivity contribution >= 4 is 28.1 Å². The van der Waals surface area contributed by atoms with E-state index in [0.29, 0.717) is 16.7 Å². The number of hydrogen-bond acceptors (Lipinski definition) is 5. The number of nitrogens with one attached hydrogen (secondary N) is 1. The third kappa shape index (κ3) is 4.78. The molecule has 3 heterocycles. The molecule has 3 aromatic rings. The van der Waals surface area contributed by atoms with Gasteiger partial charge in [0.1, 0.15) is 5.82 Å². The van der Waals surface area contributed by atoms with Gasteiger partial charge in [-0.05, 0) is 75.8 Å². The van der Waals surface area contributed by atoms with Gasteiger partial charge in [0.15, 0.2) is 5.82 Å². The van der Waals surface area contributed by atoms with Crippen LogP contribution in [0.15, 0.2) is 47.4 Å². The van der Waals surface area contributed by atoms with E-state index in [4.69, 9.17) is 5.11 Å². The molecular formula is C25H31FN4O2. The van der Waals surface area contributed by atoms with Crippen LogP contribution in [0.2, 0.25) is 0 Å². The predicted molar refractivity (Wildman–Crippen MR) is 127 cm³/mol. The maximum Gasteiger partial charge on any atom is 0.287 e. The Labute approximate surface area is 187 Å². The summed E-state index contributed by atoms with van der Waals surface area (Å²) in [6.45, 7) is 6.09. The van der Waals surface area contributed by atoms with Crippen LogP contribution in [0.4, 0.5) is 21.6 Å². The van der Waals surface area contributed by atoms with E-state index in [1.807, 2.05) is 26.0 Å². The Bertz CT molecular complexity index is 1120. The number of fused-ring (bicyclic) bond motifs is 1. The number of hydrogen-bond donors (Lipinski definition) is 2. The number of aliphatic hydroxyl groups excluding tert-OH is 1. The Hall–Kier alpha value is -2.93. The number of piperidine rings is 1. The SMILES string of the molecule is CC(C)n1c(=O)c(F)cc2cnc(Nc3ccc(N4CCC(CCCO)CC4)cc3)cc21. The van der Waals surface area contributed by atoms with E-state index in [1.54, 1.807) is 12.3 Å². The normalized spacial score (nSPS) is 15.0. The van der Waals surface area contributed by atoms with Crippen LogP contribution in [0.25, 0.3) is 10.9 Å². The molecule has 1 aliphatic rings. The molecule has 1 fully saturated rings. The first-order chi connectivity index (χ1) is 15.5. The van der Waals surface area contributed by atoms with E-state index >= 15 is 0 Å². The molecule has 7 heteroatoms. The highest BCUT2D eigenvalue weighted by Crippen LogP contribution is 2.28. The molecule has 1 aromatic carbocycles. The van der Waals surface area contributed by atoms with Gasteiger partial charge in [0, 0.05) is 54.8 Å². The molecule has 0 atom stereocenters. The van der Waals surface area contributed by atoms with Crippen molar-refractivity contribution in [1.82, 2.24) is 9.55 Å². The van der Waals surface area contributed by atoms with Crippen LogP contribution in [0, 0.1) is 11.7 Å². The maximum absolute atomic E-state index is 14.0. The molecule has 6 nitrogen and oxygen atoms in total. The van der Waals surface area contributed by atoms with Gasteiger partial charge in [-0.3, -0.25) is 4.79 Å². The van der Waals surface area contributed by atoms with Crippen LogP contribution in [0.1, 0.15) is 45.6 Å². The number of pyridine rings is 2. The second-order valence-electron chi connectivity index (χ2n) is 8.86. The van der Waals surface area contributed by atoms with Gasteiger partial charge >= 0.3 is 0 Å². The Morgan fingerprint density at radius 3 is 2.56 bits per heavy atom. The van der Waals surface area contributed by atoms with Crippen LogP contribution < -0.4 is 15.8 Å². The molecule has 170 valence electrons.